The molecular weight excluding hydrogens is 164 g/mol. The van der Waals surface area contributed by atoms with Crippen molar-refractivity contribution in [3.8, 4) is 5.88 Å². The van der Waals surface area contributed by atoms with Crippen molar-refractivity contribution in [2.75, 3.05) is 7.11 Å². The number of carboxylic acid groups (broad SMARTS) is 1. The average Bonchev–Trinajstić information content (AvgIpc) is 2.03. The molecular formula is C6H6N2O4. The number of methoxy groups -OCH3 is 1. The number of H-pyrrole nitrogens is 1. The van der Waals surface area contributed by atoms with Gasteiger partial charge in [-0.2, -0.15) is 4.98 Å². The zero-order valence-electron chi connectivity index (χ0n) is 6.20. The van der Waals surface area contributed by atoms with Gasteiger partial charge >= 0.3 is 5.97 Å². The van der Waals surface area contributed by atoms with Crippen molar-refractivity contribution >= 4 is 5.97 Å². The van der Waals surface area contributed by atoms with Crippen LogP contribution in [0.1, 0.15) is 10.6 Å². The molecule has 0 saturated heterocycles. The number of carbonyl (C=O) groups is 1. The summed E-state index contributed by atoms with van der Waals surface area (Å²) in [5.41, 5.74) is -0.556. The fourth-order valence-corrected chi connectivity index (χ4v) is 0.641. The third-order valence-corrected chi connectivity index (χ3v) is 1.13. The van der Waals surface area contributed by atoms with E-state index in [1.165, 1.54) is 7.11 Å². The lowest BCUT2D eigenvalue weighted by molar-refractivity contribution is 0.0682. The molecule has 0 aliphatic heterocycles. The number of hydrogen-bond donors (Lipinski definition) is 2. The average molecular weight is 170 g/mol. The molecule has 12 heavy (non-hydrogen) atoms. The van der Waals surface area contributed by atoms with Gasteiger partial charge in [0.2, 0.25) is 11.7 Å². The number of hydrogen-bond acceptors (Lipinski definition) is 4. The van der Waals surface area contributed by atoms with Gasteiger partial charge in [0, 0.05) is 0 Å². The van der Waals surface area contributed by atoms with Crippen LogP contribution in [0.2, 0.25) is 0 Å². The fraction of sp³-hybridized carbons (Fsp3) is 0.167. The molecule has 1 heterocycles. The van der Waals surface area contributed by atoms with E-state index >= 15 is 0 Å². The molecule has 0 unspecified atom stereocenters. The molecule has 0 bridgehead atoms. The van der Waals surface area contributed by atoms with Crippen LogP contribution in [-0.2, 0) is 0 Å². The summed E-state index contributed by atoms with van der Waals surface area (Å²) in [4.78, 5) is 26.6. The molecule has 64 valence electrons. The lowest BCUT2D eigenvalue weighted by Crippen LogP contribution is -2.14. The van der Waals surface area contributed by atoms with Crippen LogP contribution in [-0.4, -0.2) is 28.2 Å². The second kappa shape index (κ2) is 3.04. The summed E-state index contributed by atoms with van der Waals surface area (Å²) in [6.45, 7) is 0. The summed E-state index contributed by atoms with van der Waals surface area (Å²) in [5, 5.41) is 8.44. The predicted molar refractivity (Wildman–Crippen MR) is 38.4 cm³/mol. The maximum absolute atomic E-state index is 10.7. The second-order valence-electron chi connectivity index (χ2n) is 1.94. The Morgan fingerprint density at radius 1 is 1.75 bits per heavy atom. The minimum Gasteiger partial charge on any atom is -0.481 e. The van der Waals surface area contributed by atoms with E-state index in [1.807, 2.05) is 4.98 Å². The number of aromatic carboxylic acids is 1. The highest BCUT2D eigenvalue weighted by Crippen LogP contribution is 1.99. The van der Waals surface area contributed by atoms with Gasteiger partial charge in [-0.25, -0.2) is 4.79 Å². The molecule has 0 atom stereocenters. The van der Waals surface area contributed by atoms with Crippen LogP contribution < -0.4 is 10.3 Å². The highest BCUT2D eigenvalue weighted by Gasteiger charge is 2.07. The Labute approximate surface area is 66.8 Å². The van der Waals surface area contributed by atoms with Gasteiger partial charge in [0.25, 0.3) is 5.56 Å². The Bertz CT molecular complexity index is 357. The van der Waals surface area contributed by atoms with E-state index < -0.39 is 17.4 Å². The van der Waals surface area contributed by atoms with E-state index in [2.05, 4.69) is 9.72 Å². The van der Waals surface area contributed by atoms with Gasteiger partial charge in [0.15, 0.2) is 0 Å². The van der Waals surface area contributed by atoms with E-state index in [0.29, 0.717) is 0 Å². The number of rotatable bonds is 2. The molecule has 0 radical (unpaired) electrons. The number of aromatic amines is 1. The monoisotopic (exact) mass is 170 g/mol. The summed E-state index contributed by atoms with van der Waals surface area (Å²) in [6, 6.07) is 1.06. The topological polar surface area (TPSA) is 92.3 Å². The number of nitrogens with one attached hydrogen (secondary N) is 1. The predicted octanol–water partition coefficient (Wildman–Crippen LogP) is -0.523. The van der Waals surface area contributed by atoms with Crippen molar-refractivity contribution in [3.63, 3.8) is 0 Å². The van der Waals surface area contributed by atoms with E-state index in [1.54, 1.807) is 0 Å². The third kappa shape index (κ3) is 1.60. The maximum atomic E-state index is 10.7. The summed E-state index contributed by atoms with van der Waals surface area (Å²) in [7, 11) is 1.30. The van der Waals surface area contributed by atoms with Crippen LogP contribution in [0.3, 0.4) is 0 Å². The molecule has 0 aromatic carbocycles. The first-order valence-corrected chi connectivity index (χ1v) is 3.02. The summed E-state index contributed by atoms with van der Waals surface area (Å²) in [5.74, 6) is -1.75. The van der Waals surface area contributed by atoms with Crippen LogP contribution >= 0.6 is 0 Å². The minimum atomic E-state index is -1.30. The summed E-state index contributed by atoms with van der Waals surface area (Å²) in [6.07, 6.45) is 0. The van der Waals surface area contributed by atoms with Gasteiger partial charge in [0.1, 0.15) is 0 Å². The van der Waals surface area contributed by atoms with Crippen molar-refractivity contribution in [3.05, 3.63) is 22.2 Å². The second-order valence-corrected chi connectivity index (χ2v) is 1.94. The van der Waals surface area contributed by atoms with Crippen LogP contribution in [0.15, 0.2) is 10.9 Å². The SMILES string of the molecule is COc1cc(=O)[nH]c(C(=O)O)n1. The molecule has 0 fully saturated rings. The van der Waals surface area contributed by atoms with Crippen LogP contribution in [0.4, 0.5) is 0 Å². The normalized spacial score (nSPS) is 9.42. The first-order valence-electron chi connectivity index (χ1n) is 3.02. The Morgan fingerprint density at radius 3 is 2.92 bits per heavy atom. The van der Waals surface area contributed by atoms with E-state index in [0.717, 1.165) is 6.07 Å². The number of nitrogens with zero attached hydrogens (tertiary/aromatic N) is 1. The molecule has 0 spiro atoms. The largest absolute Gasteiger partial charge is 0.481 e. The first-order chi connectivity index (χ1) is 5.63. The van der Waals surface area contributed by atoms with Crippen LogP contribution in [0, 0.1) is 0 Å². The third-order valence-electron chi connectivity index (χ3n) is 1.13. The lowest BCUT2D eigenvalue weighted by atomic mass is 10.5. The van der Waals surface area contributed by atoms with Gasteiger partial charge in [-0.15, -0.1) is 0 Å². The van der Waals surface area contributed by atoms with Gasteiger partial charge in [-0.3, -0.25) is 4.79 Å². The highest BCUT2D eigenvalue weighted by atomic mass is 16.5. The van der Waals surface area contributed by atoms with E-state index in [9.17, 15) is 9.59 Å². The Kier molecular flexibility index (Phi) is 2.09. The smallest absolute Gasteiger partial charge is 0.372 e. The van der Waals surface area contributed by atoms with Crippen molar-refractivity contribution in [2.45, 2.75) is 0 Å². The molecule has 0 aliphatic rings. The van der Waals surface area contributed by atoms with Crippen molar-refractivity contribution < 1.29 is 14.6 Å². The van der Waals surface area contributed by atoms with Crippen molar-refractivity contribution in [2.24, 2.45) is 0 Å². The number of ether oxygens (including phenoxy) is 1. The van der Waals surface area contributed by atoms with Gasteiger partial charge in [-0.1, -0.05) is 0 Å². The zero-order valence-corrected chi connectivity index (χ0v) is 6.20. The molecule has 2 N–H and O–H groups in total. The molecule has 1 aromatic heterocycles. The van der Waals surface area contributed by atoms with Gasteiger partial charge in [-0.05, 0) is 0 Å². The quantitative estimate of drug-likeness (QED) is 0.622. The summed E-state index contributed by atoms with van der Waals surface area (Å²) >= 11 is 0. The molecule has 0 amide bonds. The lowest BCUT2D eigenvalue weighted by Gasteiger charge is -1.97. The molecule has 1 aromatic rings. The van der Waals surface area contributed by atoms with Crippen molar-refractivity contribution in [1.29, 1.82) is 0 Å². The highest BCUT2D eigenvalue weighted by molar-refractivity contribution is 5.83. The van der Waals surface area contributed by atoms with E-state index in [4.69, 9.17) is 5.11 Å². The molecule has 6 nitrogen and oxygen atoms in total. The standard InChI is InChI=1S/C6H6N2O4/c1-12-4-2-3(9)7-5(8-4)6(10)11/h2H,1H3,(H,10,11)(H,7,8,9). The first kappa shape index (κ1) is 8.25. The maximum Gasteiger partial charge on any atom is 0.372 e. The molecule has 0 saturated carbocycles. The zero-order chi connectivity index (χ0) is 9.14. The van der Waals surface area contributed by atoms with Gasteiger partial charge < -0.3 is 14.8 Å². The molecule has 1 rings (SSSR count). The Balaban J connectivity index is 3.24. The number of carboxylic acids is 1. The molecule has 6 heteroatoms. The minimum absolute atomic E-state index is 0.0175. The Hall–Kier alpha value is -1.85. The van der Waals surface area contributed by atoms with Crippen LogP contribution in [0.5, 0.6) is 5.88 Å². The van der Waals surface area contributed by atoms with E-state index in [-0.39, 0.29) is 5.88 Å². The van der Waals surface area contributed by atoms with Gasteiger partial charge in [0.05, 0.1) is 13.2 Å². The van der Waals surface area contributed by atoms with Crippen LogP contribution in [0.25, 0.3) is 0 Å². The fourth-order valence-electron chi connectivity index (χ4n) is 0.641. The number of aromatic nitrogens is 2. The molecule has 0 aliphatic carbocycles. The van der Waals surface area contributed by atoms with Crippen molar-refractivity contribution in [1.82, 2.24) is 9.97 Å². The summed E-state index contributed by atoms with van der Waals surface area (Å²) < 4.78 is 4.59. The Morgan fingerprint density at radius 2 is 2.42 bits per heavy atom.